The second kappa shape index (κ2) is 5.79. The van der Waals surface area contributed by atoms with Crippen LogP contribution in [-0.2, 0) is 6.54 Å². The van der Waals surface area contributed by atoms with Crippen LogP contribution in [0.4, 0.5) is 5.82 Å². The minimum absolute atomic E-state index is 0.133. The molecule has 0 aliphatic heterocycles. The summed E-state index contributed by atoms with van der Waals surface area (Å²) < 4.78 is 5.13. The molecule has 0 aliphatic rings. The highest BCUT2D eigenvalue weighted by Gasteiger charge is 2.08. The van der Waals surface area contributed by atoms with Gasteiger partial charge in [-0.1, -0.05) is 23.7 Å². The van der Waals surface area contributed by atoms with Gasteiger partial charge in [0.2, 0.25) is 5.28 Å². The van der Waals surface area contributed by atoms with Gasteiger partial charge >= 0.3 is 0 Å². The molecule has 0 saturated carbocycles. The van der Waals surface area contributed by atoms with E-state index < -0.39 is 0 Å². The molecule has 0 spiro atoms. The predicted octanol–water partition coefficient (Wildman–Crippen LogP) is 3.89. The third kappa shape index (κ3) is 3.04. The third-order valence-electron chi connectivity index (χ3n) is 3.05. The number of ether oxygens (including phenoxy) is 1. The molecule has 0 fully saturated rings. The van der Waals surface area contributed by atoms with Crippen LogP contribution in [0.3, 0.4) is 0 Å². The molecule has 2 aromatic heterocycles. The standard InChI is InChI=1S/C14H12Cl2N4O/c1-21-9-4-2-8(3-5-9)7-17-11-6-10-12(19-11)13(15)20-14(16)18-10/h2-6,17,19H,7H2,1H3. The van der Waals surface area contributed by atoms with Crippen molar-refractivity contribution in [2.24, 2.45) is 0 Å². The lowest BCUT2D eigenvalue weighted by molar-refractivity contribution is 0.414. The monoisotopic (exact) mass is 322 g/mol. The molecule has 2 N–H and O–H groups in total. The van der Waals surface area contributed by atoms with E-state index >= 15 is 0 Å². The van der Waals surface area contributed by atoms with Crippen molar-refractivity contribution in [2.45, 2.75) is 6.54 Å². The summed E-state index contributed by atoms with van der Waals surface area (Å²) in [5.74, 6) is 1.64. The first-order chi connectivity index (χ1) is 10.2. The number of methoxy groups -OCH3 is 1. The number of fused-ring (bicyclic) bond motifs is 1. The summed E-state index contributed by atoms with van der Waals surface area (Å²) in [5, 5.41) is 3.71. The van der Waals surface area contributed by atoms with Crippen molar-refractivity contribution < 1.29 is 4.74 Å². The number of anilines is 1. The lowest BCUT2D eigenvalue weighted by Gasteiger charge is -2.05. The summed E-state index contributed by atoms with van der Waals surface area (Å²) in [7, 11) is 1.65. The minimum Gasteiger partial charge on any atom is -0.497 e. The summed E-state index contributed by atoms with van der Waals surface area (Å²) in [6, 6.07) is 9.68. The molecule has 0 radical (unpaired) electrons. The molecule has 1 aromatic carbocycles. The lowest BCUT2D eigenvalue weighted by atomic mass is 10.2. The van der Waals surface area contributed by atoms with Gasteiger partial charge in [-0.2, -0.15) is 0 Å². The minimum atomic E-state index is 0.133. The van der Waals surface area contributed by atoms with Gasteiger partial charge in [-0.05, 0) is 29.3 Å². The molecule has 21 heavy (non-hydrogen) atoms. The fourth-order valence-corrected chi connectivity index (χ4v) is 2.43. The zero-order valence-corrected chi connectivity index (χ0v) is 12.7. The van der Waals surface area contributed by atoms with E-state index in [1.54, 1.807) is 7.11 Å². The quantitative estimate of drug-likeness (QED) is 0.565. The van der Waals surface area contributed by atoms with Gasteiger partial charge in [0, 0.05) is 12.6 Å². The van der Waals surface area contributed by atoms with Gasteiger partial charge in [-0.25, -0.2) is 9.97 Å². The molecule has 0 aliphatic carbocycles. The Bertz CT molecular complexity index is 770. The number of halogens is 2. The molecule has 5 nitrogen and oxygen atoms in total. The number of nitrogens with zero attached hydrogens (tertiary/aromatic N) is 2. The Morgan fingerprint density at radius 2 is 1.95 bits per heavy atom. The largest absolute Gasteiger partial charge is 0.497 e. The van der Waals surface area contributed by atoms with Gasteiger partial charge in [0.1, 0.15) is 17.1 Å². The zero-order valence-electron chi connectivity index (χ0n) is 11.2. The van der Waals surface area contributed by atoms with E-state index in [9.17, 15) is 0 Å². The lowest BCUT2D eigenvalue weighted by Crippen LogP contribution is -1.99. The van der Waals surface area contributed by atoms with Crippen molar-refractivity contribution in [2.75, 3.05) is 12.4 Å². The zero-order chi connectivity index (χ0) is 14.8. The smallest absolute Gasteiger partial charge is 0.224 e. The number of nitrogens with one attached hydrogen (secondary N) is 2. The molecule has 2 heterocycles. The molecule has 3 rings (SSSR count). The first-order valence-electron chi connectivity index (χ1n) is 6.24. The van der Waals surface area contributed by atoms with E-state index in [-0.39, 0.29) is 5.28 Å². The molecule has 7 heteroatoms. The molecule has 3 aromatic rings. The SMILES string of the molecule is COc1ccc(CNc2cc3nc(Cl)nc(Cl)c3[nH]2)cc1. The van der Waals surface area contributed by atoms with Crippen LogP contribution in [0.25, 0.3) is 11.0 Å². The molecule has 108 valence electrons. The highest BCUT2D eigenvalue weighted by Crippen LogP contribution is 2.24. The Balaban J connectivity index is 1.77. The van der Waals surface area contributed by atoms with Crippen molar-refractivity contribution in [3.63, 3.8) is 0 Å². The van der Waals surface area contributed by atoms with Gasteiger partial charge < -0.3 is 15.0 Å². The van der Waals surface area contributed by atoms with Crippen molar-refractivity contribution in [1.29, 1.82) is 0 Å². The Morgan fingerprint density at radius 3 is 2.67 bits per heavy atom. The maximum absolute atomic E-state index is 6.02. The van der Waals surface area contributed by atoms with Crippen LogP contribution in [0.5, 0.6) is 5.75 Å². The van der Waals surface area contributed by atoms with Crippen molar-refractivity contribution in [1.82, 2.24) is 15.0 Å². The molecule has 0 bridgehead atoms. The van der Waals surface area contributed by atoms with Gasteiger partial charge in [0.15, 0.2) is 5.15 Å². The Kier molecular flexibility index (Phi) is 3.86. The van der Waals surface area contributed by atoms with E-state index in [0.717, 1.165) is 17.1 Å². The average molecular weight is 323 g/mol. The van der Waals surface area contributed by atoms with Crippen LogP contribution >= 0.6 is 23.2 Å². The van der Waals surface area contributed by atoms with Crippen LogP contribution in [0.2, 0.25) is 10.4 Å². The molecule has 0 atom stereocenters. The van der Waals surface area contributed by atoms with Crippen LogP contribution in [0.15, 0.2) is 30.3 Å². The van der Waals surface area contributed by atoms with Crippen LogP contribution < -0.4 is 10.1 Å². The molecule has 0 amide bonds. The Hall–Kier alpha value is -1.98. The van der Waals surface area contributed by atoms with Crippen LogP contribution in [0, 0.1) is 0 Å². The van der Waals surface area contributed by atoms with Crippen molar-refractivity contribution in [3.8, 4) is 5.75 Å². The molecular weight excluding hydrogens is 311 g/mol. The number of aromatic nitrogens is 3. The van der Waals surface area contributed by atoms with E-state index in [2.05, 4.69) is 20.3 Å². The summed E-state index contributed by atoms with van der Waals surface area (Å²) in [5.41, 5.74) is 2.47. The normalized spacial score (nSPS) is 10.8. The topological polar surface area (TPSA) is 62.8 Å². The number of benzene rings is 1. The summed E-state index contributed by atoms with van der Waals surface area (Å²) in [4.78, 5) is 11.1. The number of rotatable bonds is 4. The van der Waals surface area contributed by atoms with E-state index in [4.69, 9.17) is 27.9 Å². The van der Waals surface area contributed by atoms with Gasteiger partial charge in [-0.15, -0.1) is 0 Å². The third-order valence-corrected chi connectivity index (χ3v) is 3.49. The van der Waals surface area contributed by atoms with Crippen molar-refractivity contribution >= 4 is 40.1 Å². The Morgan fingerprint density at radius 1 is 1.19 bits per heavy atom. The first kappa shape index (κ1) is 14.0. The second-order valence-corrected chi connectivity index (χ2v) is 5.12. The summed E-state index contributed by atoms with van der Waals surface area (Å²) >= 11 is 11.8. The molecule has 0 unspecified atom stereocenters. The highest BCUT2D eigenvalue weighted by atomic mass is 35.5. The first-order valence-corrected chi connectivity index (χ1v) is 7.00. The average Bonchev–Trinajstić information content (AvgIpc) is 2.89. The number of aromatic amines is 1. The number of H-pyrrole nitrogens is 1. The van der Waals surface area contributed by atoms with E-state index in [0.29, 0.717) is 22.7 Å². The van der Waals surface area contributed by atoms with E-state index in [1.165, 1.54) is 0 Å². The van der Waals surface area contributed by atoms with Gasteiger partial charge in [-0.3, -0.25) is 0 Å². The number of hydrogen-bond donors (Lipinski definition) is 2. The molecular formula is C14H12Cl2N4O. The van der Waals surface area contributed by atoms with Crippen LogP contribution in [-0.4, -0.2) is 22.1 Å². The van der Waals surface area contributed by atoms with Crippen molar-refractivity contribution in [3.05, 3.63) is 46.3 Å². The van der Waals surface area contributed by atoms with Crippen LogP contribution in [0.1, 0.15) is 5.56 Å². The van der Waals surface area contributed by atoms with Gasteiger partial charge in [0.25, 0.3) is 0 Å². The predicted molar refractivity (Wildman–Crippen MR) is 84.2 cm³/mol. The number of hydrogen-bond acceptors (Lipinski definition) is 4. The summed E-state index contributed by atoms with van der Waals surface area (Å²) in [6.45, 7) is 0.662. The Labute approximate surface area is 131 Å². The van der Waals surface area contributed by atoms with E-state index in [1.807, 2.05) is 30.3 Å². The summed E-state index contributed by atoms with van der Waals surface area (Å²) in [6.07, 6.45) is 0. The molecule has 0 saturated heterocycles. The maximum Gasteiger partial charge on any atom is 0.224 e. The second-order valence-electron chi connectivity index (χ2n) is 4.43. The fourth-order valence-electron chi connectivity index (χ4n) is 1.99. The fraction of sp³-hybridized carbons (Fsp3) is 0.143. The maximum atomic E-state index is 6.02. The van der Waals surface area contributed by atoms with Gasteiger partial charge in [0.05, 0.1) is 12.6 Å². The highest BCUT2D eigenvalue weighted by molar-refractivity contribution is 6.35.